The van der Waals surface area contributed by atoms with Gasteiger partial charge in [0.05, 0.1) is 38.1 Å². The molecule has 111 heavy (non-hydrogen) atoms. The first-order valence-corrected chi connectivity index (χ1v) is 42.8. The van der Waals surface area contributed by atoms with E-state index in [9.17, 15) is 43.8 Å². The number of aliphatic carboxylic acids is 3. The summed E-state index contributed by atoms with van der Waals surface area (Å²) in [6.45, 7) is 38.4. The SMILES string of the molecule is C=C1CCC2[C@]3(C)CO[C@@H](C4CCCC4)O[C@@H]3CC[C@@]2(C)[C@@H]1CC=O.C=C1CCC2[C@]3(C)CO[C@@H](C4CCCC4)O[C@@H]3CC[C@@]2(C)[C@@H]1CCN1CCC[C@H]1C(=O)O.C=C1CCC2[C@]3(C)CO[C@@H](C4CCCC4)O[C@@H]3CC[C@@]2(C)[C@@H]1CCN1CCC[C@H]1C(=O)O.CC(=O)OOC(C)=O.O=C(O)[C@@H]1CCCN1.[B-]OC(C)=O.[Na+]. The third kappa shape index (κ3) is 20.9. The van der Waals surface area contributed by atoms with Crippen molar-refractivity contribution in [1.29, 1.82) is 0 Å². The van der Waals surface area contributed by atoms with Crippen LogP contribution in [0.5, 0.6) is 0 Å². The van der Waals surface area contributed by atoms with Crippen LogP contribution in [-0.2, 0) is 76.4 Å². The molecule has 21 atom stereocenters. The number of carbonyl (C=O) groups excluding carboxylic acids is 4. The Morgan fingerprint density at radius 1 is 0.468 bits per heavy atom. The van der Waals surface area contributed by atoms with E-state index in [0.717, 1.165) is 169 Å². The molecular weight excluding hydrogens is 1420 g/mol. The third-order valence-electron chi connectivity index (χ3n) is 30.7. The summed E-state index contributed by atoms with van der Waals surface area (Å²) in [6, 6.07) is -0.859. The standard InChI is InChI=1S/2C27H43NO4.C22H34O3.C5H9NO2.C4H6O4.C2H3BO2.Na/c2*1-18-10-11-22-26(2,20(18)13-16-28-15-6-9-21(28)24(29)30)14-12-23-27(22,3)17-31-25(32-23)19-7-4-5-8-19;1-15-8-9-18-21(2,17(15)11-13-23)12-10-19-22(18,3)14-24-20(25-19)16-6-4-5-7-16;7-5(8)4-2-1-3-6-4;1-3(5)7-8-4(2)6;1-2(4)5-3;/h2*19-23,25H,1,4-17H2,2-3H3,(H,29,30);13,16-20H,1,4-12,14H2,2-3H3;4,6H,1-3H2,(H,7,8);1-2H3;1H3;/q;;;;;-1;+1/t2*20-,21+,22?,23-,25-,26+,27+;17-,18?,19-,20-,21+,22+;4-;;;/m1110.../s1. The summed E-state index contributed by atoms with van der Waals surface area (Å²) in [5.74, 6) is 0.954. The quantitative estimate of drug-likeness (QED) is 0.0413. The molecule has 4 N–H and O–H groups in total. The Morgan fingerprint density at radius 2 is 0.802 bits per heavy atom. The van der Waals surface area contributed by atoms with Crippen LogP contribution >= 0.6 is 0 Å². The molecule has 0 amide bonds. The van der Waals surface area contributed by atoms with E-state index in [1.54, 1.807) is 0 Å². The number of likely N-dealkylation sites (tertiary alicyclic amines) is 2. The zero-order valence-electron chi connectivity index (χ0n) is 69.4. The zero-order chi connectivity index (χ0) is 79.5. The summed E-state index contributed by atoms with van der Waals surface area (Å²) >= 11 is 0. The monoisotopic (exact) mass is 1560 g/mol. The maximum Gasteiger partial charge on any atom is 1.00 e. The van der Waals surface area contributed by atoms with E-state index in [4.69, 9.17) is 33.5 Å². The van der Waals surface area contributed by atoms with Crippen molar-refractivity contribution in [3.05, 3.63) is 36.5 Å². The van der Waals surface area contributed by atoms with Crippen LogP contribution in [0.3, 0.4) is 0 Å². The van der Waals surface area contributed by atoms with Crippen LogP contribution in [0.1, 0.15) is 274 Å². The van der Waals surface area contributed by atoms with E-state index < -0.39 is 35.8 Å². The van der Waals surface area contributed by atoms with Gasteiger partial charge >= 0.3 is 59.4 Å². The van der Waals surface area contributed by atoms with Crippen LogP contribution in [0.4, 0.5) is 0 Å². The van der Waals surface area contributed by atoms with Gasteiger partial charge in [-0.25, -0.2) is 19.4 Å². The molecule has 3 unspecified atom stereocenters. The van der Waals surface area contributed by atoms with Crippen LogP contribution in [-0.4, -0.2) is 183 Å². The van der Waals surface area contributed by atoms with Crippen molar-refractivity contribution in [2.75, 3.05) is 52.5 Å². The number of hydrogen-bond acceptors (Lipinski definition) is 19. The molecule has 0 aromatic rings. The van der Waals surface area contributed by atoms with E-state index in [1.807, 2.05) is 0 Å². The summed E-state index contributed by atoms with van der Waals surface area (Å²) in [7, 11) is 4.32. The second-order valence-corrected chi connectivity index (χ2v) is 37.4. The maximum atomic E-state index is 11.7. The Hall–Kier alpha value is -3.59. The number of nitrogens with one attached hydrogen (secondary N) is 1. The number of allylic oxidation sites excluding steroid dienone is 3. The summed E-state index contributed by atoms with van der Waals surface area (Å²) < 4.78 is 42.8. The molecule has 6 heterocycles. The van der Waals surface area contributed by atoms with E-state index in [0.29, 0.717) is 78.0 Å². The van der Waals surface area contributed by atoms with E-state index in [2.05, 4.69) is 98.9 Å². The summed E-state index contributed by atoms with van der Waals surface area (Å²) in [6.07, 6.45) is 39.2. The number of carboxylic acids is 3. The fraction of sp³-hybridized carbons (Fsp3) is 0.851. The molecule has 3 radical (unpaired) electrons. The fourth-order valence-electron chi connectivity index (χ4n) is 24.9. The van der Waals surface area contributed by atoms with Gasteiger partial charge in [-0.3, -0.25) is 29.0 Å². The number of rotatable bonds is 14. The van der Waals surface area contributed by atoms with Gasteiger partial charge in [-0.1, -0.05) is 117 Å². The predicted molar refractivity (Wildman–Crippen MR) is 416 cm³/mol. The van der Waals surface area contributed by atoms with Crippen LogP contribution in [0.25, 0.3) is 0 Å². The molecule has 0 bridgehead atoms. The first kappa shape index (κ1) is 91.3. The summed E-state index contributed by atoms with van der Waals surface area (Å²) in [5.41, 5.74) is 4.83. The minimum absolute atomic E-state index is 0. The van der Waals surface area contributed by atoms with Crippen molar-refractivity contribution in [3.8, 4) is 0 Å². The molecule has 15 fully saturated rings. The van der Waals surface area contributed by atoms with Gasteiger partial charge in [0.15, 0.2) is 18.9 Å². The number of carboxylic acid groups (broad SMARTS) is 3. The van der Waals surface area contributed by atoms with Crippen LogP contribution in [0.2, 0.25) is 0 Å². The molecule has 619 valence electrons. The fourth-order valence-corrected chi connectivity index (χ4v) is 24.9. The van der Waals surface area contributed by atoms with Gasteiger partial charge in [0.25, 0.3) is 0 Å². The summed E-state index contributed by atoms with van der Waals surface area (Å²) in [4.78, 5) is 85.9. The smallest absolute Gasteiger partial charge is 0.793 e. The molecular formula is C87H138BN3NaO19. The zero-order valence-corrected chi connectivity index (χ0v) is 71.4. The topological polar surface area (TPSA) is 282 Å². The van der Waals surface area contributed by atoms with Crippen molar-refractivity contribution >= 4 is 50.2 Å². The first-order chi connectivity index (χ1) is 52.3. The van der Waals surface area contributed by atoms with Crippen molar-refractivity contribution < 1.29 is 121 Å². The molecule has 24 heteroatoms. The van der Waals surface area contributed by atoms with Gasteiger partial charge in [-0.05, 0) is 251 Å². The van der Waals surface area contributed by atoms with Gasteiger partial charge in [0, 0.05) is 61.2 Å². The average molecular weight is 1560 g/mol. The average Bonchev–Trinajstić information content (AvgIpc) is 1.71. The van der Waals surface area contributed by atoms with E-state index in [1.165, 1.54) is 133 Å². The van der Waals surface area contributed by atoms with Crippen LogP contribution < -0.4 is 34.9 Å². The molecule has 15 rings (SSSR count). The predicted octanol–water partition coefficient (Wildman–Crippen LogP) is 11.9. The number of ether oxygens (including phenoxy) is 6. The van der Waals surface area contributed by atoms with E-state index >= 15 is 0 Å². The Labute approximate surface area is 686 Å². The van der Waals surface area contributed by atoms with Gasteiger partial charge in [-0.2, -0.15) is 0 Å². The van der Waals surface area contributed by atoms with Gasteiger partial charge < -0.3 is 66.6 Å². The number of aldehydes is 1. The minimum atomic E-state index is -0.720. The second kappa shape index (κ2) is 40.2. The van der Waals surface area contributed by atoms with Crippen molar-refractivity contribution in [2.45, 2.75) is 330 Å². The largest absolute Gasteiger partial charge is 1.00 e. The molecule has 6 saturated heterocycles. The van der Waals surface area contributed by atoms with E-state index in [-0.39, 0.29) is 99.0 Å². The Morgan fingerprint density at radius 3 is 1.08 bits per heavy atom. The minimum Gasteiger partial charge on any atom is -0.793 e. The first-order valence-electron chi connectivity index (χ1n) is 42.8. The molecule has 0 aromatic carbocycles. The van der Waals surface area contributed by atoms with Crippen LogP contribution in [0, 0.1) is 85.8 Å². The third-order valence-corrected chi connectivity index (χ3v) is 30.7. The maximum absolute atomic E-state index is 11.7. The number of carbonyl (C=O) groups is 7. The second-order valence-electron chi connectivity index (χ2n) is 37.4. The van der Waals surface area contributed by atoms with Gasteiger partial charge in [0.2, 0.25) is 5.97 Å². The van der Waals surface area contributed by atoms with Crippen molar-refractivity contribution in [1.82, 2.24) is 15.1 Å². The van der Waals surface area contributed by atoms with Crippen molar-refractivity contribution in [3.63, 3.8) is 0 Å². The molecule has 0 spiro atoms. The Bertz CT molecular complexity index is 3040. The Balaban J connectivity index is 0.000000169. The molecule has 9 aliphatic carbocycles. The van der Waals surface area contributed by atoms with Crippen molar-refractivity contribution in [2.24, 2.45) is 85.8 Å². The number of nitrogens with zero attached hydrogens (tertiary/aromatic N) is 2. The molecule has 22 nitrogen and oxygen atoms in total. The van der Waals surface area contributed by atoms with Gasteiger partial charge in [-0.15, -0.1) is 0 Å². The molecule has 6 aliphatic heterocycles. The number of hydrogen-bond donors (Lipinski definition) is 4. The molecule has 0 aromatic heterocycles. The van der Waals surface area contributed by atoms with Crippen LogP contribution in [0.15, 0.2) is 36.5 Å². The summed E-state index contributed by atoms with van der Waals surface area (Å²) in [5, 5.41) is 30.4. The van der Waals surface area contributed by atoms with Gasteiger partial charge in [0.1, 0.15) is 24.4 Å². The normalized spacial score (nSPS) is 40.0. The number of fused-ring (bicyclic) bond motifs is 9. The molecule has 9 saturated carbocycles. The Kier molecular flexibility index (Phi) is 33.1. The molecule has 15 aliphatic rings.